The minimum atomic E-state index is -3.98. The first-order valence-electron chi connectivity index (χ1n) is 5.35. The van der Waals surface area contributed by atoms with E-state index in [0.29, 0.717) is 0 Å². The number of rotatable bonds is 5. The molecule has 0 aliphatic carbocycles. The highest BCUT2D eigenvalue weighted by Gasteiger charge is 2.29. The zero-order valence-corrected chi connectivity index (χ0v) is 12.7. The summed E-state index contributed by atoms with van der Waals surface area (Å²) in [6.07, 6.45) is 0. The van der Waals surface area contributed by atoms with Crippen LogP contribution in [0.2, 0.25) is 0 Å². The molecule has 0 saturated heterocycles. The van der Waals surface area contributed by atoms with Gasteiger partial charge in [0.15, 0.2) is 0 Å². The molecule has 1 aromatic rings. The second-order valence-electron chi connectivity index (χ2n) is 4.11. The molecule has 0 atom stereocenters. The van der Waals surface area contributed by atoms with Crippen molar-refractivity contribution in [3.8, 4) is 0 Å². The molecular formula is C11H13BrFNO4S. The third-order valence-electron chi connectivity index (χ3n) is 2.36. The van der Waals surface area contributed by atoms with Gasteiger partial charge in [0.25, 0.3) is 0 Å². The summed E-state index contributed by atoms with van der Waals surface area (Å²) < 4.78 is 38.5. The Morgan fingerprint density at radius 1 is 1.47 bits per heavy atom. The van der Waals surface area contributed by atoms with Crippen molar-refractivity contribution in [3.05, 3.63) is 28.5 Å². The van der Waals surface area contributed by atoms with Crippen molar-refractivity contribution in [2.75, 3.05) is 6.54 Å². The van der Waals surface area contributed by atoms with E-state index < -0.39 is 34.4 Å². The highest BCUT2D eigenvalue weighted by atomic mass is 79.9. The minimum absolute atomic E-state index is 0.00704. The van der Waals surface area contributed by atoms with Crippen LogP contribution in [0.15, 0.2) is 27.6 Å². The first-order chi connectivity index (χ1) is 8.66. The van der Waals surface area contributed by atoms with Crippen LogP contribution in [0.3, 0.4) is 0 Å². The summed E-state index contributed by atoms with van der Waals surface area (Å²) in [6.45, 7) is 2.49. The van der Waals surface area contributed by atoms with E-state index in [4.69, 9.17) is 5.11 Å². The molecule has 0 amide bonds. The standard InChI is InChI=1S/C11H13BrFNO4S/c1-7(2)14(6-11(15)16)19(17,18)8-3-4-10(13)9(12)5-8/h3-5,7H,6H2,1-2H3,(H,15,16). The number of nitrogens with zero attached hydrogens (tertiary/aromatic N) is 1. The number of carbonyl (C=O) groups is 1. The Hall–Kier alpha value is -0.990. The Morgan fingerprint density at radius 3 is 2.47 bits per heavy atom. The van der Waals surface area contributed by atoms with Crippen LogP contribution in [0, 0.1) is 5.82 Å². The van der Waals surface area contributed by atoms with Crippen molar-refractivity contribution in [2.24, 2.45) is 0 Å². The lowest BCUT2D eigenvalue weighted by atomic mass is 10.3. The Morgan fingerprint density at radius 2 is 2.05 bits per heavy atom. The van der Waals surface area contributed by atoms with Crippen molar-refractivity contribution < 1.29 is 22.7 Å². The van der Waals surface area contributed by atoms with Crippen LogP contribution in [-0.2, 0) is 14.8 Å². The van der Waals surface area contributed by atoms with Crippen LogP contribution in [0.25, 0.3) is 0 Å². The maximum absolute atomic E-state index is 13.1. The Labute approximate surface area is 119 Å². The summed E-state index contributed by atoms with van der Waals surface area (Å²) >= 11 is 2.90. The van der Waals surface area contributed by atoms with E-state index in [1.807, 2.05) is 0 Å². The SMILES string of the molecule is CC(C)N(CC(=O)O)S(=O)(=O)c1ccc(F)c(Br)c1. The molecule has 1 N–H and O–H groups in total. The van der Waals surface area contributed by atoms with Crippen LogP contribution < -0.4 is 0 Å². The molecule has 5 nitrogen and oxygen atoms in total. The largest absolute Gasteiger partial charge is 0.480 e. The van der Waals surface area contributed by atoms with Gasteiger partial charge in [-0.05, 0) is 48.0 Å². The van der Waals surface area contributed by atoms with Crippen molar-refractivity contribution in [3.63, 3.8) is 0 Å². The smallest absolute Gasteiger partial charge is 0.318 e. The number of sulfonamides is 1. The second kappa shape index (κ2) is 5.98. The summed E-state index contributed by atoms with van der Waals surface area (Å²) in [5.74, 6) is -1.84. The topological polar surface area (TPSA) is 74.7 Å². The van der Waals surface area contributed by atoms with Gasteiger partial charge in [0.05, 0.1) is 9.37 Å². The molecule has 8 heteroatoms. The summed E-state index contributed by atoms with van der Waals surface area (Å²) in [7, 11) is -3.98. The predicted octanol–water partition coefficient (Wildman–Crippen LogP) is 2.07. The quantitative estimate of drug-likeness (QED) is 0.879. The number of halogens is 2. The molecule has 106 valence electrons. The van der Waals surface area contributed by atoms with Crippen LogP contribution in [0.5, 0.6) is 0 Å². The molecule has 0 spiro atoms. The molecule has 0 unspecified atom stereocenters. The number of carboxylic acid groups (broad SMARTS) is 1. The van der Waals surface area contributed by atoms with E-state index in [0.717, 1.165) is 22.5 Å². The van der Waals surface area contributed by atoms with Gasteiger partial charge in [-0.15, -0.1) is 0 Å². The van der Waals surface area contributed by atoms with Crippen molar-refractivity contribution >= 4 is 31.9 Å². The monoisotopic (exact) mass is 353 g/mol. The maximum Gasteiger partial charge on any atom is 0.318 e. The molecule has 0 aliphatic rings. The fraction of sp³-hybridized carbons (Fsp3) is 0.364. The van der Waals surface area contributed by atoms with Gasteiger partial charge in [-0.2, -0.15) is 4.31 Å². The molecular weight excluding hydrogens is 341 g/mol. The lowest BCUT2D eigenvalue weighted by molar-refractivity contribution is -0.137. The van der Waals surface area contributed by atoms with Gasteiger partial charge >= 0.3 is 5.97 Å². The van der Waals surface area contributed by atoms with Crippen molar-refractivity contribution in [1.82, 2.24) is 4.31 Å². The Bertz CT molecular complexity index is 588. The third kappa shape index (κ3) is 3.74. The molecule has 0 heterocycles. The van der Waals surface area contributed by atoms with Gasteiger partial charge in [0.1, 0.15) is 12.4 Å². The van der Waals surface area contributed by atoms with Crippen molar-refractivity contribution in [2.45, 2.75) is 24.8 Å². The van der Waals surface area contributed by atoms with Crippen molar-refractivity contribution in [1.29, 1.82) is 0 Å². The van der Waals surface area contributed by atoms with E-state index >= 15 is 0 Å². The minimum Gasteiger partial charge on any atom is -0.480 e. The normalized spacial score (nSPS) is 12.1. The number of benzene rings is 1. The zero-order chi connectivity index (χ0) is 14.8. The molecule has 19 heavy (non-hydrogen) atoms. The average Bonchev–Trinajstić information content (AvgIpc) is 2.28. The summed E-state index contributed by atoms with van der Waals surface area (Å²) in [5.41, 5.74) is 0. The molecule has 0 saturated carbocycles. The molecule has 0 aliphatic heterocycles. The van der Waals surface area contributed by atoms with Gasteiger partial charge in [0, 0.05) is 6.04 Å². The third-order valence-corrected chi connectivity index (χ3v) is 4.99. The number of hydrogen-bond acceptors (Lipinski definition) is 3. The zero-order valence-electron chi connectivity index (χ0n) is 10.3. The average molecular weight is 354 g/mol. The first-order valence-corrected chi connectivity index (χ1v) is 7.58. The van der Waals surface area contributed by atoms with Gasteiger partial charge in [0.2, 0.25) is 10.0 Å². The predicted molar refractivity (Wildman–Crippen MR) is 70.8 cm³/mol. The summed E-state index contributed by atoms with van der Waals surface area (Å²) in [4.78, 5) is 10.6. The van der Waals surface area contributed by atoms with Gasteiger partial charge in [-0.3, -0.25) is 4.79 Å². The Kier molecular flexibility index (Phi) is 5.05. The molecule has 0 fully saturated rings. The summed E-state index contributed by atoms with van der Waals surface area (Å²) in [5, 5.41) is 8.77. The molecule has 0 radical (unpaired) electrons. The van der Waals surface area contributed by atoms with Gasteiger partial charge in [-0.1, -0.05) is 0 Å². The molecule has 0 bridgehead atoms. The second-order valence-corrected chi connectivity index (χ2v) is 6.86. The summed E-state index contributed by atoms with van der Waals surface area (Å²) in [6, 6.07) is 2.70. The lowest BCUT2D eigenvalue weighted by Crippen LogP contribution is -2.40. The van der Waals surface area contributed by atoms with E-state index in [1.165, 1.54) is 0 Å². The van der Waals surface area contributed by atoms with Crippen LogP contribution in [-0.4, -0.2) is 36.4 Å². The molecule has 1 aromatic carbocycles. The van der Waals surface area contributed by atoms with Crippen LogP contribution in [0.4, 0.5) is 4.39 Å². The first kappa shape index (κ1) is 16.1. The maximum atomic E-state index is 13.1. The van der Waals surface area contributed by atoms with E-state index in [2.05, 4.69) is 15.9 Å². The van der Waals surface area contributed by atoms with Gasteiger partial charge in [-0.25, -0.2) is 12.8 Å². The van der Waals surface area contributed by atoms with Crippen LogP contribution in [0.1, 0.15) is 13.8 Å². The highest BCUT2D eigenvalue weighted by molar-refractivity contribution is 9.10. The fourth-order valence-corrected chi connectivity index (χ4v) is 3.59. The number of carboxylic acids is 1. The molecule has 0 aromatic heterocycles. The number of aliphatic carboxylic acids is 1. The van der Waals surface area contributed by atoms with Crippen LogP contribution >= 0.6 is 15.9 Å². The Balaban J connectivity index is 3.26. The van der Waals surface area contributed by atoms with E-state index in [-0.39, 0.29) is 9.37 Å². The van der Waals surface area contributed by atoms with Gasteiger partial charge < -0.3 is 5.11 Å². The van der Waals surface area contributed by atoms with E-state index in [9.17, 15) is 17.6 Å². The fourth-order valence-electron chi connectivity index (χ4n) is 1.45. The lowest BCUT2D eigenvalue weighted by Gasteiger charge is -2.24. The molecule has 1 rings (SSSR count). The number of hydrogen-bond donors (Lipinski definition) is 1. The van der Waals surface area contributed by atoms with E-state index in [1.54, 1.807) is 13.8 Å². The highest BCUT2D eigenvalue weighted by Crippen LogP contribution is 2.23.